The molecule has 1 fully saturated rings. The van der Waals surface area contributed by atoms with Crippen molar-refractivity contribution in [2.75, 3.05) is 19.6 Å². The first-order valence-corrected chi connectivity index (χ1v) is 6.76. The van der Waals surface area contributed by atoms with Crippen molar-refractivity contribution >= 4 is 0 Å². The third kappa shape index (κ3) is 3.83. The van der Waals surface area contributed by atoms with Crippen molar-refractivity contribution in [2.24, 2.45) is 0 Å². The van der Waals surface area contributed by atoms with E-state index in [-0.39, 0.29) is 0 Å². The fourth-order valence-electron chi connectivity index (χ4n) is 2.50. The molecule has 1 aromatic rings. The lowest BCUT2D eigenvalue weighted by Crippen LogP contribution is -2.34. The summed E-state index contributed by atoms with van der Waals surface area (Å²) in [4.78, 5) is 0. The summed E-state index contributed by atoms with van der Waals surface area (Å²) in [7, 11) is 0. The minimum Gasteiger partial charge on any atom is -0.315 e. The lowest BCUT2D eigenvalue weighted by Gasteiger charge is -2.12. The summed E-state index contributed by atoms with van der Waals surface area (Å²) in [5, 5.41) is 7.07. The molecule has 0 amide bonds. The van der Waals surface area contributed by atoms with E-state index in [1.807, 2.05) is 0 Å². The van der Waals surface area contributed by atoms with E-state index in [2.05, 4.69) is 42.7 Å². The molecule has 1 unspecified atom stereocenters. The Labute approximate surface area is 105 Å². The standard InChI is InChI=1S/C15H24N2/c1-12-5-6-13(2)14(10-12)7-9-16-11-15-4-3-8-17-15/h5-6,10,15-17H,3-4,7-9,11H2,1-2H3. The molecular formula is C15H24N2. The molecule has 17 heavy (non-hydrogen) atoms. The number of nitrogens with one attached hydrogen (secondary N) is 2. The summed E-state index contributed by atoms with van der Waals surface area (Å²) in [5.74, 6) is 0. The Morgan fingerprint density at radius 1 is 1.35 bits per heavy atom. The molecule has 1 heterocycles. The van der Waals surface area contributed by atoms with Gasteiger partial charge in [0.15, 0.2) is 0 Å². The van der Waals surface area contributed by atoms with E-state index in [0.717, 1.165) is 19.5 Å². The molecule has 0 spiro atoms. The van der Waals surface area contributed by atoms with Crippen LogP contribution in [-0.4, -0.2) is 25.7 Å². The molecule has 1 atom stereocenters. The molecular weight excluding hydrogens is 208 g/mol. The number of hydrogen-bond donors (Lipinski definition) is 2. The monoisotopic (exact) mass is 232 g/mol. The molecule has 2 nitrogen and oxygen atoms in total. The fraction of sp³-hybridized carbons (Fsp3) is 0.600. The van der Waals surface area contributed by atoms with Crippen LogP contribution in [0.4, 0.5) is 0 Å². The van der Waals surface area contributed by atoms with Gasteiger partial charge in [-0.3, -0.25) is 0 Å². The predicted octanol–water partition coefficient (Wildman–Crippen LogP) is 2.19. The normalized spacial score (nSPS) is 19.8. The Morgan fingerprint density at radius 2 is 2.24 bits per heavy atom. The van der Waals surface area contributed by atoms with Crippen LogP contribution in [0, 0.1) is 13.8 Å². The number of benzene rings is 1. The van der Waals surface area contributed by atoms with Gasteiger partial charge in [-0.25, -0.2) is 0 Å². The van der Waals surface area contributed by atoms with Crippen LogP contribution in [-0.2, 0) is 6.42 Å². The molecule has 0 aliphatic carbocycles. The summed E-state index contributed by atoms with van der Waals surface area (Å²) in [6.07, 6.45) is 3.81. The zero-order chi connectivity index (χ0) is 12.1. The van der Waals surface area contributed by atoms with E-state index >= 15 is 0 Å². The molecule has 0 aromatic heterocycles. The van der Waals surface area contributed by atoms with E-state index in [0.29, 0.717) is 6.04 Å². The lowest BCUT2D eigenvalue weighted by atomic mass is 10.0. The molecule has 1 saturated heterocycles. The van der Waals surface area contributed by atoms with Gasteiger partial charge in [-0.05, 0) is 57.3 Å². The lowest BCUT2D eigenvalue weighted by molar-refractivity contribution is 0.537. The van der Waals surface area contributed by atoms with Gasteiger partial charge in [0.05, 0.1) is 0 Å². The Balaban J connectivity index is 1.72. The second kappa shape index (κ2) is 6.18. The minimum atomic E-state index is 0.702. The summed E-state index contributed by atoms with van der Waals surface area (Å²) in [6.45, 7) is 7.77. The smallest absolute Gasteiger partial charge is 0.0192 e. The first-order chi connectivity index (χ1) is 8.25. The minimum absolute atomic E-state index is 0.702. The van der Waals surface area contributed by atoms with Crippen LogP contribution in [0.25, 0.3) is 0 Å². The van der Waals surface area contributed by atoms with Crippen LogP contribution in [0.15, 0.2) is 18.2 Å². The third-order valence-electron chi connectivity index (χ3n) is 3.63. The largest absolute Gasteiger partial charge is 0.315 e. The maximum Gasteiger partial charge on any atom is 0.0192 e. The molecule has 2 heteroatoms. The van der Waals surface area contributed by atoms with Crippen molar-refractivity contribution in [2.45, 2.75) is 39.2 Å². The van der Waals surface area contributed by atoms with Crippen LogP contribution in [0.2, 0.25) is 0 Å². The second-order valence-electron chi connectivity index (χ2n) is 5.18. The summed E-state index contributed by atoms with van der Waals surface area (Å²) in [6, 6.07) is 7.43. The van der Waals surface area contributed by atoms with Gasteiger partial charge in [0.2, 0.25) is 0 Å². The van der Waals surface area contributed by atoms with Gasteiger partial charge < -0.3 is 10.6 Å². The van der Waals surface area contributed by atoms with E-state index in [1.165, 1.54) is 36.1 Å². The van der Waals surface area contributed by atoms with E-state index in [4.69, 9.17) is 0 Å². The van der Waals surface area contributed by atoms with E-state index in [1.54, 1.807) is 0 Å². The van der Waals surface area contributed by atoms with Crippen LogP contribution in [0.5, 0.6) is 0 Å². The first kappa shape index (κ1) is 12.6. The van der Waals surface area contributed by atoms with Gasteiger partial charge in [0, 0.05) is 12.6 Å². The highest BCUT2D eigenvalue weighted by atomic mass is 15.0. The number of hydrogen-bond acceptors (Lipinski definition) is 2. The van der Waals surface area contributed by atoms with Gasteiger partial charge in [-0.15, -0.1) is 0 Å². The Morgan fingerprint density at radius 3 is 3.00 bits per heavy atom. The van der Waals surface area contributed by atoms with Crippen LogP contribution < -0.4 is 10.6 Å². The molecule has 94 valence electrons. The van der Waals surface area contributed by atoms with Gasteiger partial charge >= 0.3 is 0 Å². The molecule has 0 bridgehead atoms. The summed E-state index contributed by atoms with van der Waals surface area (Å²) < 4.78 is 0. The van der Waals surface area contributed by atoms with Crippen LogP contribution >= 0.6 is 0 Å². The third-order valence-corrected chi connectivity index (χ3v) is 3.63. The van der Waals surface area contributed by atoms with Gasteiger partial charge in [0.25, 0.3) is 0 Å². The molecule has 2 rings (SSSR count). The van der Waals surface area contributed by atoms with Gasteiger partial charge in [0.1, 0.15) is 0 Å². The van der Waals surface area contributed by atoms with Crippen molar-refractivity contribution in [3.05, 3.63) is 34.9 Å². The SMILES string of the molecule is Cc1ccc(C)c(CCNCC2CCCN2)c1. The highest BCUT2D eigenvalue weighted by Gasteiger charge is 2.12. The van der Waals surface area contributed by atoms with Crippen molar-refractivity contribution in [3.8, 4) is 0 Å². The predicted molar refractivity (Wildman–Crippen MR) is 73.5 cm³/mol. The Bertz CT molecular complexity index is 354. The zero-order valence-electron chi connectivity index (χ0n) is 11.1. The Kier molecular flexibility index (Phi) is 4.57. The van der Waals surface area contributed by atoms with E-state index < -0.39 is 0 Å². The van der Waals surface area contributed by atoms with Crippen LogP contribution in [0.3, 0.4) is 0 Å². The van der Waals surface area contributed by atoms with Gasteiger partial charge in [-0.2, -0.15) is 0 Å². The van der Waals surface area contributed by atoms with Crippen molar-refractivity contribution in [1.82, 2.24) is 10.6 Å². The topological polar surface area (TPSA) is 24.1 Å². The van der Waals surface area contributed by atoms with Crippen molar-refractivity contribution < 1.29 is 0 Å². The Hall–Kier alpha value is -0.860. The highest BCUT2D eigenvalue weighted by Crippen LogP contribution is 2.11. The molecule has 0 radical (unpaired) electrons. The molecule has 1 aliphatic rings. The molecule has 2 N–H and O–H groups in total. The number of rotatable bonds is 5. The average Bonchev–Trinajstić information content (AvgIpc) is 2.82. The summed E-state index contributed by atoms with van der Waals surface area (Å²) in [5.41, 5.74) is 4.26. The fourth-order valence-corrected chi connectivity index (χ4v) is 2.50. The summed E-state index contributed by atoms with van der Waals surface area (Å²) >= 11 is 0. The van der Waals surface area contributed by atoms with Gasteiger partial charge in [-0.1, -0.05) is 23.8 Å². The molecule has 1 aliphatic heterocycles. The average molecular weight is 232 g/mol. The van der Waals surface area contributed by atoms with Crippen molar-refractivity contribution in [3.63, 3.8) is 0 Å². The second-order valence-corrected chi connectivity index (χ2v) is 5.18. The molecule has 0 saturated carbocycles. The number of aryl methyl sites for hydroxylation is 2. The highest BCUT2D eigenvalue weighted by molar-refractivity contribution is 5.30. The van der Waals surface area contributed by atoms with Crippen molar-refractivity contribution in [1.29, 1.82) is 0 Å². The maximum atomic E-state index is 3.56. The quantitative estimate of drug-likeness (QED) is 0.760. The van der Waals surface area contributed by atoms with E-state index in [9.17, 15) is 0 Å². The maximum absolute atomic E-state index is 3.56. The van der Waals surface area contributed by atoms with Crippen LogP contribution in [0.1, 0.15) is 29.5 Å². The first-order valence-electron chi connectivity index (χ1n) is 6.76. The molecule has 1 aromatic carbocycles. The zero-order valence-corrected chi connectivity index (χ0v) is 11.1.